The molecular formula is C14H18N2O. The van der Waals surface area contributed by atoms with Crippen LogP contribution in [0.25, 0.3) is 0 Å². The molecule has 2 rings (SSSR count). The Labute approximate surface area is 102 Å². The Kier molecular flexibility index (Phi) is 4.00. The zero-order chi connectivity index (χ0) is 12.1. The van der Waals surface area contributed by atoms with Crippen LogP contribution in [0.5, 0.6) is 0 Å². The molecule has 0 bridgehead atoms. The summed E-state index contributed by atoms with van der Waals surface area (Å²) in [6.45, 7) is 3.06. The van der Waals surface area contributed by atoms with E-state index >= 15 is 0 Å². The summed E-state index contributed by atoms with van der Waals surface area (Å²) >= 11 is 0. The summed E-state index contributed by atoms with van der Waals surface area (Å²) in [6, 6.07) is 8.61. The van der Waals surface area contributed by atoms with E-state index in [0.717, 1.165) is 12.2 Å². The third-order valence-electron chi connectivity index (χ3n) is 3.08. The van der Waals surface area contributed by atoms with E-state index in [-0.39, 0.29) is 6.10 Å². The fourth-order valence-corrected chi connectivity index (χ4v) is 2.15. The number of aryl methyl sites for hydroxylation is 2. The first-order chi connectivity index (χ1) is 8.29. The van der Waals surface area contributed by atoms with Gasteiger partial charge in [0.15, 0.2) is 0 Å². The molecule has 3 heteroatoms. The SMILES string of the molecule is CC(C#N)OCCNc1ccc2c(c1)CCC2. The molecule has 0 saturated carbocycles. The van der Waals surface area contributed by atoms with Gasteiger partial charge in [-0.1, -0.05) is 6.07 Å². The van der Waals surface area contributed by atoms with E-state index in [9.17, 15) is 0 Å². The van der Waals surface area contributed by atoms with Crippen LogP contribution in [-0.2, 0) is 17.6 Å². The van der Waals surface area contributed by atoms with Crippen LogP contribution < -0.4 is 5.32 Å². The summed E-state index contributed by atoms with van der Waals surface area (Å²) in [4.78, 5) is 0. The lowest BCUT2D eigenvalue weighted by Gasteiger charge is -2.09. The molecule has 1 aromatic carbocycles. The summed E-state index contributed by atoms with van der Waals surface area (Å²) in [5.41, 5.74) is 4.12. The Hall–Kier alpha value is -1.53. The van der Waals surface area contributed by atoms with Crippen LogP contribution in [0.2, 0.25) is 0 Å². The van der Waals surface area contributed by atoms with Crippen molar-refractivity contribution >= 4 is 5.69 Å². The van der Waals surface area contributed by atoms with Gasteiger partial charge in [-0.2, -0.15) is 5.26 Å². The highest BCUT2D eigenvalue weighted by Crippen LogP contribution is 2.24. The molecular weight excluding hydrogens is 212 g/mol. The zero-order valence-corrected chi connectivity index (χ0v) is 10.2. The Balaban J connectivity index is 1.78. The van der Waals surface area contributed by atoms with E-state index in [4.69, 9.17) is 10.00 Å². The summed E-state index contributed by atoms with van der Waals surface area (Å²) in [7, 11) is 0. The lowest BCUT2D eigenvalue weighted by atomic mass is 10.1. The Morgan fingerprint density at radius 1 is 1.41 bits per heavy atom. The molecule has 0 amide bonds. The fourth-order valence-electron chi connectivity index (χ4n) is 2.15. The van der Waals surface area contributed by atoms with Crippen molar-refractivity contribution in [2.24, 2.45) is 0 Å². The van der Waals surface area contributed by atoms with Gasteiger partial charge in [0.2, 0.25) is 0 Å². The van der Waals surface area contributed by atoms with Crippen molar-refractivity contribution in [3.63, 3.8) is 0 Å². The van der Waals surface area contributed by atoms with Crippen LogP contribution in [-0.4, -0.2) is 19.3 Å². The lowest BCUT2D eigenvalue weighted by Crippen LogP contribution is -2.14. The molecule has 0 fully saturated rings. The minimum absolute atomic E-state index is 0.322. The molecule has 1 aliphatic rings. The summed E-state index contributed by atoms with van der Waals surface area (Å²) in [5.74, 6) is 0. The number of anilines is 1. The van der Waals surface area contributed by atoms with E-state index in [1.807, 2.05) is 6.07 Å². The quantitative estimate of drug-likeness (QED) is 0.790. The van der Waals surface area contributed by atoms with Crippen molar-refractivity contribution in [3.8, 4) is 6.07 Å². The second-order valence-corrected chi connectivity index (χ2v) is 4.41. The molecule has 1 aliphatic carbocycles. The van der Waals surface area contributed by atoms with Crippen molar-refractivity contribution in [1.82, 2.24) is 0 Å². The molecule has 90 valence electrons. The van der Waals surface area contributed by atoms with Gasteiger partial charge < -0.3 is 10.1 Å². The summed E-state index contributed by atoms with van der Waals surface area (Å²) in [6.07, 6.45) is 3.38. The second-order valence-electron chi connectivity index (χ2n) is 4.41. The molecule has 0 spiro atoms. The van der Waals surface area contributed by atoms with Crippen molar-refractivity contribution in [3.05, 3.63) is 29.3 Å². The van der Waals surface area contributed by atoms with Gasteiger partial charge in [-0.3, -0.25) is 0 Å². The van der Waals surface area contributed by atoms with Crippen molar-refractivity contribution in [2.45, 2.75) is 32.3 Å². The first-order valence-electron chi connectivity index (χ1n) is 6.16. The van der Waals surface area contributed by atoms with Gasteiger partial charge in [0.25, 0.3) is 0 Å². The smallest absolute Gasteiger partial charge is 0.141 e. The predicted octanol–water partition coefficient (Wildman–Crippen LogP) is 2.52. The number of hydrogen-bond donors (Lipinski definition) is 1. The van der Waals surface area contributed by atoms with Crippen molar-refractivity contribution in [2.75, 3.05) is 18.5 Å². The van der Waals surface area contributed by atoms with E-state index in [1.165, 1.54) is 30.4 Å². The topological polar surface area (TPSA) is 45.0 Å². The van der Waals surface area contributed by atoms with Crippen LogP contribution in [0.15, 0.2) is 18.2 Å². The standard InChI is InChI=1S/C14H18N2O/c1-11(10-15)17-8-7-16-14-6-5-12-3-2-4-13(12)9-14/h5-6,9,11,16H,2-4,7-8H2,1H3. The average Bonchev–Trinajstić information content (AvgIpc) is 2.81. The number of nitrogens with one attached hydrogen (secondary N) is 1. The molecule has 17 heavy (non-hydrogen) atoms. The Morgan fingerprint density at radius 3 is 3.06 bits per heavy atom. The van der Waals surface area contributed by atoms with Crippen molar-refractivity contribution < 1.29 is 4.74 Å². The molecule has 1 atom stereocenters. The maximum atomic E-state index is 8.56. The number of fused-ring (bicyclic) bond motifs is 1. The number of nitriles is 1. The van der Waals surface area contributed by atoms with Gasteiger partial charge in [-0.25, -0.2) is 0 Å². The third kappa shape index (κ3) is 3.21. The molecule has 0 saturated heterocycles. The predicted molar refractivity (Wildman–Crippen MR) is 68.0 cm³/mol. The molecule has 0 aromatic heterocycles. The second kappa shape index (κ2) is 5.70. The van der Waals surface area contributed by atoms with Crippen LogP contribution >= 0.6 is 0 Å². The van der Waals surface area contributed by atoms with Gasteiger partial charge >= 0.3 is 0 Å². The number of benzene rings is 1. The minimum atomic E-state index is -0.322. The van der Waals surface area contributed by atoms with Crippen molar-refractivity contribution in [1.29, 1.82) is 5.26 Å². The van der Waals surface area contributed by atoms with Gasteiger partial charge in [0.1, 0.15) is 6.10 Å². The highest BCUT2D eigenvalue weighted by molar-refractivity contribution is 5.50. The van der Waals surface area contributed by atoms with Gasteiger partial charge in [-0.15, -0.1) is 0 Å². The first-order valence-corrected chi connectivity index (χ1v) is 6.16. The summed E-state index contributed by atoms with van der Waals surface area (Å²) < 4.78 is 5.28. The number of rotatable bonds is 5. The molecule has 3 nitrogen and oxygen atoms in total. The zero-order valence-electron chi connectivity index (χ0n) is 10.2. The number of hydrogen-bond acceptors (Lipinski definition) is 3. The van der Waals surface area contributed by atoms with Gasteiger partial charge in [0.05, 0.1) is 12.7 Å². The number of ether oxygens (including phenoxy) is 1. The number of nitrogens with zero attached hydrogens (tertiary/aromatic N) is 1. The molecule has 1 aromatic rings. The summed E-state index contributed by atoms with van der Waals surface area (Å²) in [5, 5.41) is 11.9. The molecule has 0 heterocycles. The highest BCUT2D eigenvalue weighted by Gasteiger charge is 2.10. The maximum Gasteiger partial charge on any atom is 0.141 e. The molecule has 1 N–H and O–H groups in total. The molecule has 1 unspecified atom stereocenters. The Morgan fingerprint density at radius 2 is 2.24 bits per heavy atom. The van der Waals surface area contributed by atoms with Crippen LogP contribution in [0.1, 0.15) is 24.5 Å². The largest absolute Gasteiger partial charge is 0.383 e. The first kappa shape index (κ1) is 11.9. The average molecular weight is 230 g/mol. The van der Waals surface area contributed by atoms with E-state index in [1.54, 1.807) is 6.92 Å². The maximum absolute atomic E-state index is 8.56. The fraction of sp³-hybridized carbons (Fsp3) is 0.500. The monoisotopic (exact) mass is 230 g/mol. The van der Waals surface area contributed by atoms with E-state index < -0.39 is 0 Å². The van der Waals surface area contributed by atoms with E-state index in [0.29, 0.717) is 6.61 Å². The Bertz CT molecular complexity index is 423. The highest BCUT2D eigenvalue weighted by atomic mass is 16.5. The normalized spacial score (nSPS) is 15.1. The van der Waals surface area contributed by atoms with Crippen LogP contribution in [0.3, 0.4) is 0 Å². The van der Waals surface area contributed by atoms with Gasteiger partial charge in [0, 0.05) is 12.2 Å². The van der Waals surface area contributed by atoms with Gasteiger partial charge in [-0.05, 0) is 49.4 Å². The molecule has 0 aliphatic heterocycles. The lowest BCUT2D eigenvalue weighted by molar-refractivity contribution is 0.111. The third-order valence-corrected chi connectivity index (χ3v) is 3.08. The van der Waals surface area contributed by atoms with Crippen LogP contribution in [0.4, 0.5) is 5.69 Å². The minimum Gasteiger partial charge on any atom is -0.383 e. The molecule has 0 radical (unpaired) electrons. The van der Waals surface area contributed by atoms with Crippen LogP contribution in [0, 0.1) is 11.3 Å². The van der Waals surface area contributed by atoms with E-state index in [2.05, 4.69) is 23.5 Å².